The lowest BCUT2D eigenvalue weighted by molar-refractivity contribution is 1.14. The minimum Gasteiger partial charge on any atom is -0.0678 e. The zero-order valence-electron chi connectivity index (χ0n) is 11.7. The Morgan fingerprint density at radius 3 is 0.867 bits per heavy atom. The number of rotatable bonds is 8. The van der Waals surface area contributed by atoms with Crippen LogP contribution in [0.3, 0.4) is 0 Å². The zero-order chi connectivity index (χ0) is 11.9. The lowest BCUT2D eigenvalue weighted by Crippen LogP contribution is -2.47. The molecular formula is C13H30Si2. The fourth-order valence-corrected chi connectivity index (χ4v) is 14.3. The van der Waals surface area contributed by atoms with Crippen LogP contribution in [0.25, 0.3) is 0 Å². The fraction of sp³-hybridized carbons (Fsp3) is 0.923. The Morgan fingerprint density at radius 1 is 0.533 bits per heavy atom. The van der Waals surface area contributed by atoms with Gasteiger partial charge in [0.25, 0.3) is 0 Å². The van der Waals surface area contributed by atoms with E-state index in [2.05, 4.69) is 47.2 Å². The van der Waals surface area contributed by atoms with E-state index in [0.717, 1.165) is 0 Å². The molecular weight excluding hydrogens is 212 g/mol. The summed E-state index contributed by atoms with van der Waals surface area (Å²) < 4.78 is 0. The van der Waals surface area contributed by atoms with Gasteiger partial charge in [-0.2, -0.15) is 0 Å². The van der Waals surface area contributed by atoms with Crippen LogP contribution < -0.4 is 0 Å². The Morgan fingerprint density at radius 2 is 0.733 bits per heavy atom. The van der Waals surface area contributed by atoms with Gasteiger partial charge in [-0.1, -0.05) is 77.8 Å². The molecule has 2 radical (unpaired) electrons. The van der Waals surface area contributed by atoms with Crippen molar-refractivity contribution >= 4 is 16.1 Å². The summed E-state index contributed by atoms with van der Waals surface area (Å²) >= 11 is 0. The van der Waals surface area contributed by atoms with Crippen LogP contribution in [0.1, 0.15) is 41.5 Å². The minimum absolute atomic E-state index is 1.10. The summed E-state index contributed by atoms with van der Waals surface area (Å²) in [7, 11) is -2.21. The molecule has 90 valence electrons. The van der Waals surface area contributed by atoms with E-state index in [1.807, 2.05) is 0 Å². The van der Waals surface area contributed by atoms with Gasteiger partial charge >= 0.3 is 0 Å². The molecule has 0 spiro atoms. The fourth-order valence-electron chi connectivity index (χ4n) is 2.59. The highest BCUT2D eigenvalue weighted by Gasteiger charge is 2.38. The molecule has 0 unspecified atom stereocenters. The Hall–Kier alpha value is 0.434. The van der Waals surface area contributed by atoms with Crippen molar-refractivity contribution < 1.29 is 0 Å². The lowest BCUT2D eigenvalue weighted by Gasteiger charge is -2.38. The van der Waals surface area contributed by atoms with Crippen molar-refractivity contribution in [2.75, 3.05) is 0 Å². The van der Waals surface area contributed by atoms with E-state index in [1.165, 1.54) is 36.3 Å². The summed E-state index contributed by atoms with van der Waals surface area (Å²) in [6, 6.07) is 8.47. The van der Waals surface area contributed by atoms with Gasteiger partial charge in [0.1, 0.15) is 0 Å². The SMILES string of the molecule is CC[Si]([C][Si](CC)(CC)CC)(CC)CC. The second-order valence-corrected chi connectivity index (χ2v) is 15.2. The van der Waals surface area contributed by atoms with E-state index in [-0.39, 0.29) is 0 Å². The molecule has 0 aromatic carbocycles. The molecule has 0 saturated heterocycles. The van der Waals surface area contributed by atoms with Crippen LogP contribution >= 0.6 is 0 Å². The molecule has 0 rings (SSSR count). The largest absolute Gasteiger partial charge is 0.0678 e. The molecule has 0 saturated carbocycles. The molecule has 0 N–H and O–H groups in total. The van der Waals surface area contributed by atoms with Gasteiger partial charge in [-0.15, -0.1) is 0 Å². The third-order valence-electron chi connectivity index (χ3n) is 4.59. The van der Waals surface area contributed by atoms with Crippen LogP contribution in [0, 0.1) is 5.67 Å². The second kappa shape index (κ2) is 6.90. The molecule has 0 aromatic heterocycles. The molecule has 15 heavy (non-hydrogen) atoms. The first-order valence-electron chi connectivity index (χ1n) is 6.86. The molecule has 0 aliphatic heterocycles. The van der Waals surface area contributed by atoms with E-state index in [9.17, 15) is 0 Å². The van der Waals surface area contributed by atoms with Gasteiger partial charge in [-0.05, 0) is 5.67 Å². The monoisotopic (exact) mass is 242 g/mol. The van der Waals surface area contributed by atoms with Crippen LogP contribution in [-0.4, -0.2) is 16.1 Å². The van der Waals surface area contributed by atoms with Crippen molar-refractivity contribution in [2.24, 2.45) is 0 Å². The van der Waals surface area contributed by atoms with Crippen LogP contribution in [0.15, 0.2) is 0 Å². The minimum atomic E-state index is -1.10. The van der Waals surface area contributed by atoms with Gasteiger partial charge in [0.2, 0.25) is 0 Å². The van der Waals surface area contributed by atoms with Crippen LogP contribution in [-0.2, 0) is 0 Å². The normalized spacial score (nSPS) is 13.2. The highest BCUT2D eigenvalue weighted by Crippen LogP contribution is 2.33. The Bertz CT molecular complexity index is 123. The third-order valence-corrected chi connectivity index (χ3v) is 17.0. The summed E-state index contributed by atoms with van der Waals surface area (Å²) in [4.78, 5) is 0. The summed E-state index contributed by atoms with van der Waals surface area (Å²) in [6.45, 7) is 14.4. The highest BCUT2D eigenvalue weighted by molar-refractivity contribution is 7.02. The first kappa shape index (κ1) is 15.4. The molecule has 0 aliphatic carbocycles. The number of hydrogen-bond donors (Lipinski definition) is 0. The van der Waals surface area contributed by atoms with Crippen LogP contribution in [0.4, 0.5) is 0 Å². The third kappa shape index (κ3) is 3.74. The molecule has 0 aliphatic rings. The quantitative estimate of drug-likeness (QED) is 0.516. The van der Waals surface area contributed by atoms with Crippen molar-refractivity contribution in [1.29, 1.82) is 0 Å². The molecule has 2 heteroatoms. The topological polar surface area (TPSA) is 0 Å². The van der Waals surface area contributed by atoms with Crippen molar-refractivity contribution in [1.82, 2.24) is 0 Å². The smallest absolute Gasteiger partial charge is 0.0563 e. The van der Waals surface area contributed by atoms with Gasteiger partial charge in [0, 0.05) is 0 Å². The second-order valence-electron chi connectivity index (χ2n) is 4.81. The Kier molecular flexibility index (Phi) is 7.10. The summed E-state index contributed by atoms with van der Waals surface area (Å²) in [5.74, 6) is 0. The van der Waals surface area contributed by atoms with Crippen molar-refractivity contribution in [2.45, 2.75) is 77.8 Å². The van der Waals surface area contributed by atoms with Gasteiger partial charge in [-0.25, -0.2) is 0 Å². The Balaban J connectivity index is 4.74. The summed E-state index contributed by atoms with van der Waals surface area (Å²) in [6.07, 6.45) is 0. The van der Waals surface area contributed by atoms with E-state index >= 15 is 0 Å². The maximum absolute atomic E-state index is 4.26. The first-order chi connectivity index (χ1) is 7.07. The molecule has 0 atom stereocenters. The van der Waals surface area contributed by atoms with Crippen molar-refractivity contribution in [3.05, 3.63) is 5.67 Å². The molecule has 0 fully saturated rings. The average Bonchev–Trinajstić information content (AvgIpc) is 2.33. The maximum atomic E-state index is 4.26. The standard InChI is InChI=1S/C13H30Si2/c1-7-14(8-2,9-3)13-15(10-4,11-5)12-6/h7-12H2,1-6H3. The van der Waals surface area contributed by atoms with E-state index in [0.29, 0.717) is 0 Å². The van der Waals surface area contributed by atoms with E-state index in [1.54, 1.807) is 0 Å². The summed E-state index contributed by atoms with van der Waals surface area (Å²) in [5, 5.41) is 0. The van der Waals surface area contributed by atoms with Crippen LogP contribution in [0.2, 0.25) is 36.3 Å². The predicted molar refractivity (Wildman–Crippen MR) is 77.6 cm³/mol. The first-order valence-corrected chi connectivity index (χ1v) is 12.1. The van der Waals surface area contributed by atoms with Crippen molar-refractivity contribution in [3.63, 3.8) is 0 Å². The van der Waals surface area contributed by atoms with Crippen LogP contribution in [0.5, 0.6) is 0 Å². The molecule has 0 aromatic rings. The molecule has 0 bridgehead atoms. The van der Waals surface area contributed by atoms with Gasteiger partial charge in [0.05, 0.1) is 16.1 Å². The van der Waals surface area contributed by atoms with Crippen molar-refractivity contribution in [3.8, 4) is 0 Å². The molecule has 0 amide bonds. The molecule has 0 nitrogen and oxygen atoms in total. The maximum Gasteiger partial charge on any atom is 0.0563 e. The molecule has 0 heterocycles. The zero-order valence-corrected chi connectivity index (χ0v) is 13.7. The average molecular weight is 243 g/mol. The van der Waals surface area contributed by atoms with E-state index in [4.69, 9.17) is 0 Å². The predicted octanol–water partition coefficient (Wildman–Crippen LogP) is 5.16. The lowest BCUT2D eigenvalue weighted by atomic mass is 10.9. The van der Waals surface area contributed by atoms with Gasteiger partial charge in [0.15, 0.2) is 0 Å². The van der Waals surface area contributed by atoms with E-state index < -0.39 is 16.1 Å². The summed E-state index contributed by atoms with van der Waals surface area (Å²) in [5.41, 5.74) is 4.26. The number of hydrogen-bond acceptors (Lipinski definition) is 0. The van der Waals surface area contributed by atoms with Gasteiger partial charge in [-0.3, -0.25) is 0 Å². The Labute approximate surface area is 99.9 Å². The highest BCUT2D eigenvalue weighted by atomic mass is 28.4. The van der Waals surface area contributed by atoms with Gasteiger partial charge < -0.3 is 0 Å².